The van der Waals surface area contributed by atoms with E-state index in [0.29, 0.717) is 0 Å². The van der Waals surface area contributed by atoms with E-state index in [0.717, 1.165) is 20.8 Å². The molecule has 13 nitrogen and oxygen atoms in total. The predicted octanol–water partition coefficient (Wildman–Crippen LogP) is -2.31. The van der Waals surface area contributed by atoms with Gasteiger partial charge in [0.1, 0.15) is 12.7 Å². The molecule has 0 radical (unpaired) electrons. The summed E-state index contributed by atoms with van der Waals surface area (Å²) in [7, 11) is 0. The maximum absolute atomic E-state index is 11.6. The van der Waals surface area contributed by atoms with Gasteiger partial charge < -0.3 is 28.4 Å². The molecule has 0 bridgehead atoms. The molecule has 164 valence electrons. The van der Waals surface area contributed by atoms with E-state index in [-0.39, 0.29) is 19.8 Å². The highest BCUT2D eigenvalue weighted by Gasteiger charge is 2.52. The molecule has 1 rings (SSSR count). The molecule has 1 aliphatic rings. The van der Waals surface area contributed by atoms with Crippen molar-refractivity contribution in [2.24, 2.45) is 0 Å². The SMILES string of the molecule is CC(=O)OC[C@H]1O[C@@H](OCCN[NH+]=[N-])[C@@H](OC(C)=O)[C@@H](OC(C)=O)[C@@H]1OC(C)=O. The summed E-state index contributed by atoms with van der Waals surface area (Å²) >= 11 is 0. The van der Waals surface area contributed by atoms with Crippen LogP contribution in [0, 0.1) is 0 Å². The van der Waals surface area contributed by atoms with Crippen molar-refractivity contribution in [2.75, 3.05) is 19.8 Å². The molecule has 13 heteroatoms. The van der Waals surface area contributed by atoms with Gasteiger partial charge in [0.2, 0.25) is 0 Å². The summed E-state index contributed by atoms with van der Waals surface area (Å²) in [6.07, 6.45) is -6.14. The van der Waals surface area contributed by atoms with Crippen LogP contribution in [0.3, 0.4) is 0 Å². The topological polar surface area (TPSA) is 172 Å². The summed E-state index contributed by atoms with van der Waals surface area (Å²) in [5.41, 5.74) is 10.9. The first kappa shape index (κ1) is 24.2. The van der Waals surface area contributed by atoms with Gasteiger partial charge in [-0.25, -0.2) is 0 Å². The van der Waals surface area contributed by atoms with Gasteiger partial charge >= 0.3 is 23.9 Å². The number of ether oxygens (including phenoxy) is 6. The van der Waals surface area contributed by atoms with Crippen LogP contribution in [0.2, 0.25) is 0 Å². The van der Waals surface area contributed by atoms with Crippen molar-refractivity contribution in [3.63, 3.8) is 0 Å². The van der Waals surface area contributed by atoms with Crippen molar-refractivity contribution in [2.45, 2.75) is 58.4 Å². The zero-order valence-electron chi connectivity index (χ0n) is 16.5. The van der Waals surface area contributed by atoms with Crippen LogP contribution >= 0.6 is 0 Å². The van der Waals surface area contributed by atoms with E-state index < -0.39 is 54.6 Å². The molecule has 0 aliphatic carbocycles. The number of hydrogen-bond donors (Lipinski definition) is 2. The zero-order valence-corrected chi connectivity index (χ0v) is 16.5. The Morgan fingerprint density at radius 1 is 0.897 bits per heavy atom. The third-order valence-electron chi connectivity index (χ3n) is 3.54. The van der Waals surface area contributed by atoms with Crippen LogP contribution in [0.25, 0.3) is 5.53 Å². The molecule has 1 fully saturated rings. The summed E-state index contributed by atoms with van der Waals surface area (Å²) in [4.78, 5) is 46.0. The van der Waals surface area contributed by atoms with Crippen LogP contribution in [0.4, 0.5) is 0 Å². The zero-order chi connectivity index (χ0) is 22.0. The molecular formula is C16H25N3O10. The Hall–Kier alpha value is -2.80. The van der Waals surface area contributed by atoms with E-state index in [2.05, 4.69) is 5.43 Å². The van der Waals surface area contributed by atoms with Crippen LogP contribution in [-0.4, -0.2) is 74.3 Å². The van der Waals surface area contributed by atoms with Crippen molar-refractivity contribution in [3.05, 3.63) is 5.53 Å². The van der Waals surface area contributed by atoms with Crippen LogP contribution in [-0.2, 0) is 47.6 Å². The van der Waals surface area contributed by atoms with Gasteiger partial charge in [0, 0.05) is 34.2 Å². The fraction of sp³-hybridized carbons (Fsp3) is 0.750. The highest BCUT2D eigenvalue weighted by atomic mass is 16.7. The molecule has 0 aromatic rings. The maximum atomic E-state index is 11.6. The third-order valence-corrected chi connectivity index (χ3v) is 3.54. The first-order valence-electron chi connectivity index (χ1n) is 8.69. The molecule has 5 atom stereocenters. The third kappa shape index (κ3) is 8.39. The summed E-state index contributed by atoms with van der Waals surface area (Å²) in [6.45, 7) is 4.32. The second kappa shape index (κ2) is 11.9. The van der Waals surface area contributed by atoms with E-state index in [1.807, 2.05) is 0 Å². The van der Waals surface area contributed by atoms with Crippen LogP contribution in [0.15, 0.2) is 0 Å². The molecule has 0 aromatic carbocycles. The van der Waals surface area contributed by atoms with Gasteiger partial charge in [-0.2, -0.15) is 10.8 Å². The van der Waals surface area contributed by atoms with Crippen molar-refractivity contribution in [3.8, 4) is 0 Å². The fourth-order valence-electron chi connectivity index (χ4n) is 2.60. The van der Waals surface area contributed by atoms with Gasteiger partial charge in [0.25, 0.3) is 0 Å². The van der Waals surface area contributed by atoms with Gasteiger partial charge in [-0.3, -0.25) is 24.6 Å². The summed E-state index contributed by atoms with van der Waals surface area (Å²) in [5, 5.41) is 1.71. The van der Waals surface area contributed by atoms with E-state index >= 15 is 0 Å². The van der Waals surface area contributed by atoms with Gasteiger partial charge in [-0.15, -0.1) is 0 Å². The molecule has 2 N–H and O–H groups in total. The number of carbonyl (C=O) groups excluding carboxylic acids is 4. The average Bonchev–Trinajstić information content (AvgIpc) is 2.60. The minimum absolute atomic E-state index is 0.0265. The Bertz CT molecular complexity index is 614. The Balaban J connectivity index is 3.19. The molecule has 29 heavy (non-hydrogen) atoms. The van der Waals surface area contributed by atoms with E-state index in [1.54, 1.807) is 5.22 Å². The van der Waals surface area contributed by atoms with E-state index in [4.69, 9.17) is 34.0 Å². The van der Waals surface area contributed by atoms with Crippen LogP contribution in [0.1, 0.15) is 27.7 Å². The summed E-state index contributed by atoms with van der Waals surface area (Å²) < 4.78 is 31.8. The highest BCUT2D eigenvalue weighted by Crippen LogP contribution is 2.29. The fourth-order valence-corrected chi connectivity index (χ4v) is 2.60. The van der Waals surface area contributed by atoms with Gasteiger partial charge in [-0.05, 0) is 0 Å². The minimum atomic E-state index is -1.29. The molecular weight excluding hydrogens is 394 g/mol. The Morgan fingerprint density at radius 3 is 1.97 bits per heavy atom. The number of nitrogens with zero attached hydrogens (tertiary/aromatic N) is 1. The molecule has 1 saturated heterocycles. The lowest BCUT2D eigenvalue weighted by molar-refractivity contribution is -0.549. The smallest absolute Gasteiger partial charge is 0.303 e. The highest BCUT2D eigenvalue weighted by molar-refractivity contribution is 5.68. The lowest BCUT2D eigenvalue weighted by atomic mass is 9.98. The van der Waals surface area contributed by atoms with Crippen LogP contribution < -0.4 is 10.6 Å². The van der Waals surface area contributed by atoms with Crippen molar-refractivity contribution in [1.82, 2.24) is 5.43 Å². The largest absolute Gasteiger partial charge is 0.463 e. The van der Waals surface area contributed by atoms with Crippen LogP contribution in [0.5, 0.6) is 0 Å². The molecule has 0 spiro atoms. The first-order valence-corrected chi connectivity index (χ1v) is 8.69. The van der Waals surface area contributed by atoms with Crippen molar-refractivity contribution >= 4 is 23.9 Å². The summed E-state index contributed by atoms with van der Waals surface area (Å²) in [5.74, 6) is -2.79. The van der Waals surface area contributed by atoms with Gasteiger partial charge in [0.05, 0.1) is 6.61 Å². The second-order valence-electron chi connectivity index (χ2n) is 5.98. The number of carbonyl (C=O) groups is 4. The predicted molar refractivity (Wildman–Crippen MR) is 90.2 cm³/mol. The number of nitrogens with one attached hydrogen (secondary N) is 2. The number of hydrazine groups is 1. The Morgan fingerprint density at radius 2 is 1.45 bits per heavy atom. The molecule has 1 aliphatic heterocycles. The Kier molecular flexibility index (Phi) is 9.96. The van der Waals surface area contributed by atoms with Gasteiger partial charge in [-0.1, -0.05) is 0 Å². The number of rotatable bonds is 10. The Labute approximate surface area is 166 Å². The van der Waals surface area contributed by atoms with Crippen molar-refractivity contribution < 1.29 is 52.8 Å². The first-order chi connectivity index (χ1) is 13.6. The molecule has 0 amide bonds. The summed E-state index contributed by atoms with van der Waals surface area (Å²) in [6, 6.07) is 0. The standard InChI is InChI=1S/C16H25N3O10/c1-8(20)25-7-12-13(26-9(2)21)14(27-10(3)22)15(28-11(4)23)16(29-12)24-6-5-18-19-17/h12-16,19H,5-7H2,1-4H3,(H-,17,18)/t12-,13-,14+,15+,16-/m1/s1. The molecule has 0 aromatic heterocycles. The quantitative estimate of drug-likeness (QED) is 0.128. The van der Waals surface area contributed by atoms with E-state index in [9.17, 15) is 19.2 Å². The lowest BCUT2D eigenvalue weighted by Crippen LogP contribution is -2.76. The monoisotopic (exact) mass is 419 g/mol. The molecule has 0 unspecified atom stereocenters. The van der Waals surface area contributed by atoms with Gasteiger partial charge in [0.15, 0.2) is 24.6 Å². The average molecular weight is 419 g/mol. The number of hydrogen-bond acceptors (Lipinski definition) is 10. The normalized spacial score (nSPS) is 26.0. The molecule has 1 heterocycles. The number of esters is 4. The van der Waals surface area contributed by atoms with E-state index in [1.165, 1.54) is 6.92 Å². The molecule has 0 saturated carbocycles. The minimum Gasteiger partial charge on any atom is -0.463 e. The second-order valence-corrected chi connectivity index (χ2v) is 5.98. The van der Waals surface area contributed by atoms with Crippen molar-refractivity contribution in [1.29, 1.82) is 0 Å². The lowest BCUT2D eigenvalue weighted by Gasteiger charge is -2.44. The maximum Gasteiger partial charge on any atom is 0.303 e.